The molecule has 78 valence electrons. The average molecular weight is 209 g/mol. The molecule has 0 saturated carbocycles. The van der Waals surface area contributed by atoms with Gasteiger partial charge < -0.3 is 10.5 Å². The predicted molar refractivity (Wildman–Crippen MR) is 48.9 cm³/mol. The molecule has 0 fully saturated rings. The largest absolute Gasteiger partial charge is 0.465 e. The van der Waals surface area contributed by atoms with Crippen LogP contribution in [0.15, 0.2) is 0 Å². The summed E-state index contributed by atoms with van der Waals surface area (Å²) in [6.07, 6.45) is 1.03. The van der Waals surface area contributed by atoms with Gasteiger partial charge in [-0.15, -0.1) is 0 Å². The fraction of sp³-hybridized carbons (Fsp3) is 0.857. The summed E-state index contributed by atoms with van der Waals surface area (Å²) in [4.78, 5) is 11.1. The van der Waals surface area contributed by atoms with Gasteiger partial charge in [-0.1, -0.05) is 0 Å². The summed E-state index contributed by atoms with van der Waals surface area (Å²) in [7, 11) is -3.27. The van der Waals surface area contributed by atoms with E-state index in [-0.39, 0.29) is 6.61 Å². The van der Waals surface area contributed by atoms with Crippen molar-refractivity contribution in [3.63, 3.8) is 0 Å². The maximum absolute atomic E-state index is 11.1. The van der Waals surface area contributed by atoms with Crippen LogP contribution in [0.5, 0.6) is 0 Å². The van der Waals surface area contributed by atoms with Gasteiger partial charge in [-0.05, 0) is 13.8 Å². The van der Waals surface area contributed by atoms with Gasteiger partial charge in [-0.2, -0.15) is 0 Å². The number of hydrogen-bond acceptors (Lipinski definition) is 5. The van der Waals surface area contributed by atoms with Crippen molar-refractivity contribution in [2.75, 3.05) is 18.6 Å². The first-order chi connectivity index (χ1) is 5.69. The highest BCUT2D eigenvalue weighted by Crippen LogP contribution is 2.05. The molecular formula is C7H15NO4S. The molecule has 0 aliphatic carbocycles. The van der Waals surface area contributed by atoms with Crippen molar-refractivity contribution in [3.05, 3.63) is 0 Å². The molecule has 0 bridgehead atoms. The van der Waals surface area contributed by atoms with E-state index < -0.39 is 27.1 Å². The Balaban J connectivity index is 4.49. The Hall–Kier alpha value is -0.620. The zero-order valence-corrected chi connectivity index (χ0v) is 8.85. The van der Waals surface area contributed by atoms with Crippen LogP contribution in [0.2, 0.25) is 0 Å². The van der Waals surface area contributed by atoms with Crippen molar-refractivity contribution in [2.24, 2.45) is 5.73 Å². The summed E-state index contributed by atoms with van der Waals surface area (Å²) in [5.74, 6) is -1.10. The molecule has 5 nitrogen and oxygen atoms in total. The van der Waals surface area contributed by atoms with E-state index in [1.807, 2.05) is 0 Å². The van der Waals surface area contributed by atoms with E-state index in [1.54, 1.807) is 6.92 Å². The lowest BCUT2D eigenvalue weighted by molar-refractivity contribution is -0.148. The van der Waals surface area contributed by atoms with Gasteiger partial charge >= 0.3 is 5.97 Å². The number of carbonyl (C=O) groups excluding carboxylic acids is 1. The van der Waals surface area contributed by atoms with Gasteiger partial charge in [-0.25, -0.2) is 8.42 Å². The zero-order chi connectivity index (χ0) is 10.7. The number of hydrogen-bond donors (Lipinski definition) is 1. The summed E-state index contributed by atoms with van der Waals surface area (Å²) >= 11 is 0. The van der Waals surface area contributed by atoms with Gasteiger partial charge in [-0.3, -0.25) is 4.79 Å². The van der Waals surface area contributed by atoms with Crippen LogP contribution in [0, 0.1) is 0 Å². The molecular weight excluding hydrogens is 194 g/mol. The molecule has 0 aromatic carbocycles. The lowest BCUT2D eigenvalue weighted by Crippen LogP contribution is -2.51. The lowest BCUT2D eigenvalue weighted by Gasteiger charge is -2.20. The summed E-state index contributed by atoms with van der Waals surface area (Å²) < 4.78 is 26.4. The molecule has 0 aliphatic rings. The van der Waals surface area contributed by atoms with Gasteiger partial charge in [0, 0.05) is 6.26 Å². The molecule has 0 amide bonds. The number of rotatable bonds is 4. The topological polar surface area (TPSA) is 86.5 Å². The van der Waals surface area contributed by atoms with Crippen molar-refractivity contribution in [1.82, 2.24) is 0 Å². The highest BCUT2D eigenvalue weighted by atomic mass is 32.2. The number of ether oxygens (including phenoxy) is 1. The summed E-state index contributed by atoms with van der Waals surface area (Å²) in [5.41, 5.74) is 4.02. The Morgan fingerprint density at radius 1 is 1.54 bits per heavy atom. The quantitative estimate of drug-likeness (QED) is 0.619. The first kappa shape index (κ1) is 12.4. The second-order valence-corrected chi connectivity index (χ2v) is 5.35. The Kier molecular flexibility index (Phi) is 3.87. The Bertz CT molecular complexity index is 281. The van der Waals surface area contributed by atoms with Crippen molar-refractivity contribution < 1.29 is 17.9 Å². The van der Waals surface area contributed by atoms with Crippen LogP contribution in [0.1, 0.15) is 13.8 Å². The normalized spacial score (nSPS) is 16.3. The van der Waals surface area contributed by atoms with Gasteiger partial charge in [0.15, 0.2) is 0 Å². The SMILES string of the molecule is CCOC(=O)C(C)(N)CS(C)(=O)=O. The maximum Gasteiger partial charge on any atom is 0.326 e. The molecule has 0 radical (unpaired) electrons. The van der Waals surface area contributed by atoms with Crippen LogP contribution in [-0.4, -0.2) is 38.5 Å². The van der Waals surface area contributed by atoms with Crippen molar-refractivity contribution in [1.29, 1.82) is 0 Å². The molecule has 0 spiro atoms. The second kappa shape index (κ2) is 4.06. The van der Waals surface area contributed by atoms with E-state index in [1.165, 1.54) is 6.92 Å². The van der Waals surface area contributed by atoms with Crippen LogP contribution >= 0.6 is 0 Å². The van der Waals surface area contributed by atoms with Crippen LogP contribution in [0.3, 0.4) is 0 Å². The number of esters is 1. The summed E-state index contributed by atoms with van der Waals surface area (Å²) in [5, 5.41) is 0. The van der Waals surface area contributed by atoms with Gasteiger partial charge in [0.05, 0.1) is 12.4 Å². The van der Waals surface area contributed by atoms with Crippen LogP contribution in [-0.2, 0) is 19.4 Å². The Labute approximate surface area is 78.2 Å². The maximum atomic E-state index is 11.1. The van der Waals surface area contributed by atoms with Crippen LogP contribution in [0.25, 0.3) is 0 Å². The smallest absolute Gasteiger partial charge is 0.326 e. The van der Waals surface area contributed by atoms with Crippen LogP contribution < -0.4 is 5.73 Å². The van der Waals surface area contributed by atoms with E-state index in [4.69, 9.17) is 5.73 Å². The molecule has 6 heteroatoms. The molecule has 0 rings (SSSR count). The van der Waals surface area contributed by atoms with Gasteiger partial charge in [0.2, 0.25) is 0 Å². The number of sulfone groups is 1. The zero-order valence-electron chi connectivity index (χ0n) is 8.03. The third-order valence-corrected chi connectivity index (χ3v) is 2.43. The average Bonchev–Trinajstić information content (AvgIpc) is 1.82. The highest BCUT2D eigenvalue weighted by molar-refractivity contribution is 7.90. The third kappa shape index (κ3) is 4.84. The van der Waals surface area contributed by atoms with E-state index in [0.717, 1.165) is 6.26 Å². The molecule has 0 heterocycles. The lowest BCUT2D eigenvalue weighted by atomic mass is 10.1. The molecule has 13 heavy (non-hydrogen) atoms. The van der Waals surface area contributed by atoms with E-state index in [9.17, 15) is 13.2 Å². The monoisotopic (exact) mass is 209 g/mol. The third-order valence-electron chi connectivity index (χ3n) is 1.30. The molecule has 0 saturated heterocycles. The van der Waals surface area contributed by atoms with Gasteiger partial charge in [0.25, 0.3) is 0 Å². The number of carbonyl (C=O) groups is 1. The van der Waals surface area contributed by atoms with Crippen molar-refractivity contribution in [2.45, 2.75) is 19.4 Å². The molecule has 1 unspecified atom stereocenters. The predicted octanol–water partition coefficient (Wildman–Crippen LogP) is -0.688. The summed E-state index contributed by atoms with van der Waals surface area (Å²) in [6.45, 7) is 3.16. The van der Waals surface area contributed by atoms with E-state index >= 15 is 0 Å². The highest BCUT2D eigenvalue weighted by Gasteiger charge is 2.33. The minimum absolute atomic E-state index is 0.190. The van der Waals surface area contributed by atoms with Crippen molar-refractivity contribution >= 4 is 15.8 Å². The summed E-state index contributed by atoms with van der Waals surface area (Å²) in [6, 6.07) is 0. The first-order valence-electron chi connectivity index (χ1n) is 3.83. The molecule has 0 aliphatic heterocycles. The first-order valence-corrected chi connectivity index (χ1v) is 5.89. The standard InChI is InChI=1S/C7H15NO4S/c1-4-12-6(9)7(2,8)5-13(3,10)11/h4-5,8H2,1-3H3. The fourth-order valence-corrected chi connectivity index (χ4v) is 2.11. The molecule has 0 aromatic rings. The van der Waals surface area contributed by atoms with Crippen molar-refractivity contribution in [3.8, 4) is 0 Å². The number of nitrogens with two attached hydrogens (primary N) is 1. The second-order valence-electron chi connectivity index (χ2n) is 3.21. The minimum atomic E-state index is -3.27. The van der Waals surface area contributed by atoms with E-state index in [0.29, 0.717) is 0 Å². The Morgan fingerprint density at radius 2 is 2.00 bits per heavy atom. The molecule has 2 N–H and O–H groups in total. The Morgan fingerprint density at radius 3 is 2.31 bits per heavy atom. The molecule has 1 atom stereocenters. The van der Waals surface area contributed by atoms with E-state index in [2.05, 4.69) is 4.74 Å². The minimum Gasteiger partial charge on any atom is -0.465 e. The fourth-order valence-electron chi connectivity index (χ4n) is 0.900. The van der Waals surface area contributed by atoms with Gasteiger partial charge in [0.1, 0.15) is 15.4 Å². The van der Waals surface area contributed by atoms with Crippen LogP contribution in [0.4, 0.5) is 0 Å². The molecule has 0 aromatic heterocycles.